The number of ether oxygens (including phenoxy) is 1. The molecule has 2 fully saturated rings. The summed E-state index contributed by atoms with van der Waals surface area (Å²) in [5.74, 6) is 2.64. The van der Waals surface area contributed by atoms with Crippen molar-refractivity contribution in [3.63, 3.8) is 0 Å². The Morgan fingerprint density at radius 3 is 2.45 bits per heavy atom. The van der Waals surface area contributed by atoms with Gasteiger partial charge in [0.2, 0.25) is 0 Å². The summed E-state index contributed by atoms with van der Waals surface area (Å²) in [5, 5.41) is 15.1. The predicted molar refractivity (Wildman–Crippen MR) is 108 cm³/mol. The molecule has 2 atom stereocenters. The smallest absolute Gasteiger partial charge is 0.266 e. The maximum Gasteiger partial charge on any atom is 0.266 e. The number of nitrogens with zero attached hydrogens (tertiary/aromatic N) is 3. The fraction of sp³-hybridized carbons (Fsp3) is 0.227. The molecule has 3 N–H and O–H groups in total. The maximum absolute atomic E-state index is 11.1. The number of carbonyl (C=O) groups excluding carboxylic acids is 1. The summed E-state index contributed by atoms with van der Waals surface area (Å²) in [6, 6.07) is 18.6. The van der Waals surface area contributed by atoms with Crippen molar-refractivity contribution in [2.75, 3.05) is 13.1 Å². The third kappa shape index (κ3) is 4.38. The molecule has 146 valence electrons. The van der Waals surface area contributed by atoms with Gasteiger partial charge in [-0.25, -0.2) is 0 Å². The molecule has 7 nitrogen and oxygen atoms in total. The largest absolute Gasteiger partial charge is 0.457 e. The molecule has 7 heteroatoms. The minimum atomic E-state index is -0.546. The van der Waals surface area contributed by atoms with E-state index in [1.54, 1.807) is 6.07 Å². The minimum Gasteiger partial charge on any atom is -0.457 e. The number of carbonyl (C=O) groups is 1. The SMILES string of the molecule is N#CN1CC2CC2C1.NC(=O)c1cc(-c2ccccc2Oc2ccccc2)n[nH]1. The number of rotatable bonds is 4. The molecule has 3 aromatic rings. The molecule has 2 aromatic carbocycles. The van der Waals surface area contributed by atoms with Crippen LogP contribution in [0.25, 0.3) is 11.3 Å². The second kappa shape index (κ2) is 8.07. The van der Waals surface area contributed by atoms with Crippen LogP contribution in [-0.4, -0.2) is 34.1 Å². The molecule has 2 aliphatic rings. The van der Waals surface area contributed by atoms with Crippen molar-refractivity contribution in [1.29, 1.82) is 5.26 Å². The maximum atomic E-state index is 11.1. The number of benzene rings is 2. The van der Waals surface area contributed by atoms with E-state index in [1.807, 2.05) is 59.5 Å². The van der Waals surface area contributed by atoms with Gasteiger partial charge in [0.05, 0.1) is 5.69 Å². The molecule has 2 unspecified atom stereocenters. The molecule has 29 heavy (non-hydrogen) atoms. The first-order valence-electron chi connectivity index (χ1n) is 9.46. The molecule has 1 saturated heterocycles. The molecule has 0 bridgehead atoms. The second-order valence-corrected chi connectivity index (χ2v) is 7.20. The quantitative estimate of drug-likeness (QED) is 0.667. The highest BCUT2D eigenvalue weighted by molar-refractivity contribution is 5.92. The normalized spacial score (nSPS) is 18.8. The molecular formula is C22H21N5O2. The van der Waals surface area contributed by atoms with Gasteiger partial charge in [-0.05, 0) is 48.6 Å². The number of primary amides is 1. The molecule has 1 saturated carbocycles. The van der Waals surface area contributed by atoms with Crippen molar-refractivity contribution >= 4 is 5.91 Å². The number of piperidine rings is 1. The number of aromatic amines is 1. The number of nitrogens with two attached hydrogens (primary N) is 1. The van der Waals surface area contributed by atoms with Gasteiger partial charge in [-0.3, -0.25) is 9.89 Å². The molecule has 2 heterocycles. The Morgan fingerprint density at radius 2 is 1.83 bits per heavy atom. The first-order valence-corrected chi connectivity index (χ1v) is 9.46. The molecule has 5 rings (SSSR count). The van der Waals surface area contributed by atoms with Crippen molar-refractivity contribution in [2.45, 2.75) is 6.42 Å². The average molecular weight is 387 g/mol. The molecule has 1 aliphatic carbocycles. The van der Waals surface area contributed by atoms with E-state index in [0.717, 1.165) is 36.2 Å². The lowest BCUT2D eigenvalue weighted by molar-refractivity contribution is 0.0995. The fourth-order valence-electron chi connectivity index (χ4n) is 3.45. The number of likely N-dealkylation sites (tertiary alicyclic amines) is 1. The van der Waals surface area contributed by atoms with Crippen LogP contribution in [0.2, 0.25) is 0 Å². The van der Waals surface area contributed by atoms with Crippen LogP contribution < -0.4 is 10.5 Å². The van der Waals surface area contributed by atoms with Gasteiger partial charge < -0.3 is 15.4 Å². The number of aromatic nitrogens is 2. The lowest BCUT2D eigenvalue weighted by Crippen LogP contribution is -2.15. The van der Waals surface area contributed by atoms with Crippen molar-refractivity contribution in [2.24, 2.45) is 17.6 Å². The van der Waals surface area contributed by atoms with Gasteiger partial charge in [0.25, 0.3) is 5.91 Å². The van der Waals surface area contributed by atoms with Crippen LogP contribution in [-0.2, 0) is 0 Å². The summed E-state index contributed by atoms with van der Waals surface area (Å²) in [6.07, 6.45) is 3.55. The monoisotopic (exact) mass is 387 g/mol. The Hall–Kier alpha value is -3.79. The Morgan fingerprint density at radius 1 is 1.14 bits per heavy atom. The van der Waals surface area contributed by atoms with Crippen LogP contribution in [0.3, 0.4) is 0 Å². The third-order valence-electron chi connectivity index (χ3n) is 5.10. The number of para-hydroxylation sites is 2. The molecule has 0 spiro atoms. The number of amides is 1. The topological polar surface area (TPSA) is 108 Å². The van der Waals surface area contributed by atoms with E-state index in [1.165, 1.54) is 6.42 Å². The zero-order chi connectivity index (χ0) is 20.2. The van der Waals surface area contributed by atoms with Gasteiger partial charge in [0.1, 0.15) is 17.2 Å². The minimum absolute atomic E-state index is 0.263. The number of nitriles is 1. The van der Waals surface area contributed by atoms with E-state index >= 15 is 0 Å². The van der Waals surface area contributed by atoms with E-state index in [-0.39, 0.29) is 5.69 Å². The van der Waals surface area contributed by atoms with Gasteiger partial charge in [-0.15, -0.1) is 0 Å². The summed E-state index contributed by atoms with van der Waals surface area (Å²) in [5.41, 5.74) is 6.88. The summed E-state index contributed by atoms with van der Waals surface area (Å²) in [4.78, 5) is 13.0. The molecular weight excluding hydrogens is 366 g/mol. The molecule has 1 aliphatic heterocycles. The van der Waals surface area contributed by atoms with Crippen LogP contribution in [0.4, 0.5) is 0 Å². The van der Waals surface area contributed by atoms with E-state index in [0.29, 0.717) is 11.4 Å². The van der Waals surface area contributed by atoms with Crippen molar-refractivity contribution in [3.8, 4) is 28.9 Å². The van der Waals surface area contributed by atoms with Gasteiger partial charge >= 0.3 is 0 Å². The summed E-state index contributed by atoms with van der Waals surface area (Å²) in [6.45, 7) is 2.09. The van der Waals surface area contributed by atoms with Crippen LogP contribution in [0.1, 0.15) is 16.9 Å². The zero-order valence-electron chi connectivity index (χ0n) is 15.8. The lowest BCUT2D eigenvalue weighted by atomic mass is 10.1. The fourth-order valence-corrected chi connectivity index (χ4v) is 3.45. The summed E-state index contributed by atoms with van der Waals surface area (Å²) < 4.78 is 5.86. The Kier molecular flexibility index (Phi) is 5.16. The molecule has 0 radical (unpaired) electrons. The van der Waals surface area contributed by atoms with E-state index in [2.05, 4.69) is 16.4 Å². The van der Waals surface area contributed by atoms with Gasteiger partial charge in [0.15, 0.2) is 6.19 Å². The van der Waals surface area contributed by atoms with Crippen molar-refractivity contribution in [1.82, 2.24) is 15.1 Å². The highest BCUT2D eigenvalue weighted by Crippen LogP contribution is 2.44. The standard InChI is InChI=1S/C16H13N3O2.C6H8N2/c17-16(20)14-10-13(18-19-14)12-8-4-5-9-15(12)21-11-6-2-1-3-7-11;7-4-8-2-5-1-6(5)3-8/h1-10H,(H2,17,20)(H,18,19);5-6H,1-3H2. The van der Waals surface area contributed by atoms with Crippen LogP contribution in [0.15, 0.2) is 60.7 Å². The first-order chi connectivity index (χ1) is 14.1. The second-order valence-electron chi connectivity index (χ2n) is 7.20. The number of hydrogen-bond acceptors (Lipinski definition) is 5. The van der Waals surface area contributed by atoms with Crippen LogP contribution >= 0.6 is 0 Å². The lowest BCUT2D eigenvalue weighted by Gasteiger charge is -2.09. The average Bonchev–Trinajstić information content (AvgIpc) is 3.14. The van der Waals surface area contributed by atoms with E-state index in [4.69, 9.17) is 15.7 Å². The van der Waals surface area contributed by atoms with Crippen molar-refractivity contribution < 1.29 is 9.53 Å². The number of nitrogens with one attached hydrogen (secondary N) is 1. The van der Waals surface area contributed by atoms with Gasteiger partial charge in [0, 0.05) is 18.7 Å². The predicted octanol–water partition coefficient (Wildman–Crippen LogP) is 3.39. The molecule has 1 aromatic heterocycles. The Labute approximate surface area is 168 Å². The number of hydrogen-bond donors (Lipinski definition) is 2. The number of H-pyrrole nitrogens is 1. The van der Waals surface area contributed by atoms with Crippen LogP contribution in [0, 0.1) is 23.3 Å². The number of fused-ring (bicyclic) bond motifs is 1. The van der Waals surface area contributed by atoms with Crippen molar-refractivity contribution in [3.05, 3.63) is 66.4 Å². The highest BCUT2D eigenvalue weighted by Gasteiger charge is 2.44. The van der Waals surface area contributed by atoms with E-state index in [9.17, 15) is 4.79 Å². The summed E-state index contributed by atoms with van der Waals surface area (Å²) >= 11 is 0. The highest BCUT2D eigenvalue weighted by atomic mass is 16.5. The van der Waals surface area contributed by atoms with Crippen LogP contribution in [0.5, 0.6) is 11.5 Å². The Bertz CT molecular complexity index is 1030. The van der Waals surface area contributed by atoms with Gasteiger partial charge in [-0.1, -0.05) is 30.3 Å². The van der Waals surface area contributed by atoms with E-state index < -0.39 is 5.91 Å². The molecule has 1 amide bonds. The third-order valence-corrected chi connectivity index (χ3v) is 5.10. The zero-order valence-corrected chi connectivity index (χ0v) is 15.8. The Balaban J connectivity index is 0.000000211. The van der Waals surface area contributed by atoms with Gasteiger partial charge in [-0.2, -0.15) is 10.4 Å². The first kappa shape index (κ1) is 18.6. The summed E-state index contributed by atoms with van der Waals surface area (Å²) in [7, 11) is 0.